The van der Waals surface area contributed by atoms with Crippen molar-refractivity contribution in [2.45, 2.75) is 0 Å². The molecule has 0 atom stereocenters. The Kier molecular flexibility index (Phi) is 6.86. The predicted molar refractivity (Wildman–Crippen MR) is 48.1 cm³/mol. The summed E-state index contributed by atoms with van der Waals surface area (Å²) >= 11 is 0. The fourth-order valence-electron chi connectivity index (χ4n) is 0.539. The lowest BCUT2D eigenvalue weighted by atomic mass is 10.3. The highest BCUT2D eigenvalue weighted by Gasteiger charge is 2.07. The van der Waals surface area contributed by atoms with Gasteiger partial charge in [0.15, 0.2) is 6.79 Å². The van der Waals surface area contributed by atoms with Crippen LogP contribution in [0.2, 0.25) is 0 Å². The van der Waals surface area contributed by atoms with Crippen LogP contribution in [0, 0.1) is 0 Å². The Morgan fingerprint density at radius 1 is 1.54 bits per heavy atom. The van der Waals surface area contributed by atoms with E-state index in [0.717, 1.165) is 0 Å². The highest BCUT2D eigenvalue weighted by atomic mass is 16.7. The van der Waals surface area contributed by atoms with E-state index in [1.165, 1.54) is 7.11 Å². The first-order valence-electron chi connectivity index (χ1n) is 3.74. The maximum atomic E-state index is 11.0. The molecule has 0 aromatic carbocycles. The zero-order valence-corrected chi connectivity index (χ0v) is 7.75. The van der Waals surface area contributed by atoms with Crippen LogP contribution in [-0.4, -0.2) is 33.1 Å². The quantitative estimate of drug-likeness (QED) is 0.195. The molecule has 0 amide bonds. The molecule has 0 bridgehead atoms. The fraction of sp³-hybridized carbons (Fsp3) is 0.444. The van der Waals surface area contributed by atoms with Gasteiger partial charge in [0.1, 0.15) is 0 Å². The zero-order chi connectivity index (χ0) is 10.1. The molecule has 0 radical (unpaired) electrons. The summed E-state index contributed by atoms with van der Waals surface area (Å²) in [5.74, 6) is -0.508. The minimum atomic E-state index is -0.508. The summed E-state index contributed by atoms with van der Waals surface area (Å²) in [7, 11) is 1.43. The molecule has 0 spiro atoms. The Balaban J connectivity index is 3.57. The van der Waals surface area contributed by atoms with Gasteiger partial charge in [0.25, 0.3) is 0 Å². The predicted octanol–water partition coefficient (Wildman–Crippen LogP) is 0.892. The van der Waals surface area contributed by atoms with Gasteiger partial charge in [-0.05, 0) is 0 Å². The number of hydrogen-bond donors (Lipinski definition) is 0. The van der Waals surface area contributed by atoms with E-state index >= 15 is 0 Å². The minimum Gasteiger partial charge on any atom is -0.435 e. The molecule has 0 rings (SSSR count). The molecular weight excluding hydrogens is 172 g/mol. The lowest BCUT2D eigenvalue weighted by molar-refractivity contribution is -0.149. The topological polar surface area (TPSA) is 44.8 Å². The van der Waals surface area contributed by atoms with Gasteiger partial charge in [-0.25, -0.2) is 4.79 Å². The van der Waals surface area contributed by atoms with E-state index in [2.05, 4.69) is 22.6 Å². The average Bonchev–Trinajstić information content (AvgIpc) is 2.14. The Hall–Kier alpha value is -1.13. The normalized spacial score (nSPS) is 9.31. The van der Waals surface area contributed by atoms with Gasteiger partial charge in [-0.1, -0.05) is 12.7 Å². The molecule has 0 heterocycles. The van der Waals surface area contributed by atoms with Crippen LogP contribution in [0.15, 0.2) is 24.8 Å². The van der Waals surface area contributed by atoms with Crippen molar-refractivity contribution in [2.24, 2.45) is 0 Å². The number of esters is 1. The molecule has 0 aromatic rings. The first-order valence-corrected chi connectivity index (χ1v) is 3.74. The van der Waals surface area contributed by atoms with Crippen molar-refractivity contribution >= 4 is 5.97 Å². The Bertz CT molecular complexity index is 186. The van der Waals surface area contributed by atoms with Gasteiger partial charge in [-0.15, -0.1) is 6.58 Å². The summed E-state index contributed by atoms with van der Waals surface area (Å²) in [5, 5.41) is 0. The smallest absolute Gasteiger partial charge is 0.337 e. The average molecular weight is 186 g/mol. The molecule has 0 aliphatic carbocycles. The molecular formula is C9H14O4. The van der Waals surface area contributed by atoms with Gasteiger partial charge < -0.3 is 14.2 Å². The van der Waals surface area contributed by atoms with Gasteiger partial charge in [0.2, 0.25) is 0 Å². The number of hydrogen-bond acceptors (Lipinski definition) is 4. The molecule has 0 fully saturated rings. The monoisotopic (exact) mass is 186 g/mol. The molecule has 0 saturated carbocycles. The summed E-state index contributed by atoms with van der Waals surface area (Å²) in [6.45, 7) is 7.41. The van der Waals surface area contributed by atoms with E-state index in [4.69, 9.17) is 4.74 Å². The van der Waals surface area contributed by atoms with Crippen LogP contribution in [0.4, 0.5) is 0 Å². The summed E-state index contributed by atoms with van der Waals surface area (Å²) in [6.07, 6.45) is 1.59. The van der Waals surface area contributed by atoms with Crippen molar-refractivity contribution in [2.75, 3.05) is 27.1 Å². The van der Waals surface area contributed by atoms with Crippen molar-refractivity contribution < 1.29 is 19.0 Å². The third-order valence-corrected chi connectivity index (χ3v) is 1.11. The lowest BCUT2D eigenvalue weighted by Crippen LogP contribution is -2.13. The number of carbonyl (C=O) groups is 1. The van der Waals surface area contributed by atoms with Crippen LogP contribution >= 0.6 is 0 Å². The molecule has 74 valence electrons. The standard InChI is InChI=1S/C9H14O4/c1-4-5-12-6-8(2)9(10)13-7-11-3/h4H,1-2,5-7H2,3H3. The van der Waals surface area contributed by atoms with Crippen molar-refractivity contribution in [3.63, 3.8) is 0 Å². The SMILES string of the molecule is C=CCOCC(=C)C(=O)OCOC. The van der Waals surface area contributed by atoms with E-state index in [-0.39, 0.29) is 19.0 Å². The molecule has 0 aliphatic rings. The summed E-state index contributed by atoms with van der Waals surface area (Å²) in [4.78, 5) is 11.0. The first-order chi connectivity index (χ1) is 6.22. The molecule has 0 aliphatic heterocycles. The molecule has 0 unspecified atom stereocenters. The molecule has 0 aromatic heterocycles. The summed E-state index contributed by atoms with van der Waals surface area (Å²) < 4.78 is 14.2. The Morgan fingerprint density at radius 2 is 2.23 bits per heavy atom. The van der Waals surface area contributed by atoms with E-state index in [9.17, 15) is 4.79 Å². The van der Waals surface area contributed by atoms with Crippen LogP contribution in [0.1, 0.15) is 0 Å². The van der Waals surface area contributed by atoms with Crippen LogP contribution in [-0.2, 0) is 19.0 Å². The number of ether oxygens (including phenoxy) is 3. The van der Waals surface area contributed by atoms with Gasteiger partial charge >= 0.3 is 5.97 Å². The third kappa shape index (κ3) is 6.07. The molecule has 4 nitrogen and oxygen atoms in total. The first kappa shape index (κ1) is 11.9. The van der Waals surface area contributed by atoms with E-state index in [0.29, 0.717) is 6.61 Å². The highest BCUT2D eigenvalue weighted by Crippen LogP contribution is 1.95. The second-order valence-electron chi connectivity index (χ2n) is 2.25. The van der Waals surface area contributed by atoms with Crippen molar-refractivity contribution in [3.8, 4) is 0 Å². The molecule has 4 heteroatoms. The largest absolute Gasteiger partial charge is 0.435 e. The van der Waals surface area contributed by atoms with Crippen LogP contribution in [0.5, 0.6) is 0 Å². The second kappa shape index (κ2) is 7.52. The Labute approximate surface area is 77.8 Å². The zero-order valence-electron chi connectivity index (χ0n) is 7.75. The van der Waals surface area contributed by atoms with Crippen LogP contribution in [0.25, 0.3) is 0 Å². The molecule has 0 saturated heterocycles. The van der Waals surface area contributed by atoms with Gasteiger partial charge in [-0.2, -0.15) is 0 Å². The third-order valence-electron chi connectivity index (χ3n) is 1.11. The van der Waals surface area contributed by atoms with Crippen molar-refractivity contribution in [1.82, 2.24) is 0 Å². The van der Waals surface area contributed by atoms with Crippen molar-refractivity contribution in [1.29, 1.82) is 0 Å². The number of methoxy groups -OCH3 is 1. The van der Waals surface area contributed by atoms with Gasteiger partial charge in [0.05, 0.1) is 18.8 Å². The van der Waals surface area contributed by atoms with Crippen molar-refractivity contribution in [3.05, 3.63) is 24.8 Å². The van der Waals surface area contributed by atoms with Gasteiger partial charge in [-0.3, -0.25) is 0 Å². The van der Waals surface area contributed by atoms with Crippen LogP contribution < -0.4 is 0 Å². The van der Waals surface area contributed by atoms with Gasteiger partial charge in [0, 0.05) is 7.11 Å². The molecule has 13 heavy (non-hydrogen) atoms. The molecule has 0 N–H and O–H groups in total. The minimum absolute atomic E-state index is 0.0701. The highest BCUT2D eigenvalue weighted by molar-refractivity contribution is 5.87. The summed E-state index contributed by atoms with van der Waals surface area (Å²) in [5.41, 5.74) is 0.263. The number of carbonyl (C=O) groups excluding carboxylic acids is 1. The van der Waals surface area contributed by atoms with Crippen LogP contribution in [0.3, 0.4) is 0 Å². The maximum absolute atomic E-state index is 11.0. The number of rotatable bonds is 7. The second-order valence-corrected chi connectivity index (χ2v) is 2.25. The van der Waals surface area contributed by atoms with E-state index in [1.54, 1.807) is 6.08 Å². The van der Waals surface area contributed by atoms with E-state index in [1.807, 2.05) is 0 Å². The lowest BCUT2D eigenvalue weighted by Gasteiger charge is -2.05. The summed E-state index contributed by atoms with van der Waals surface area (Å²) in [6, 6.07) is 0. The Morgan fingerprint density at radius 3 is 2.77 bits per heavy atom. The maximum Gasteiger partial charge on any atom is 0.337 e. The fourth-order valence-corrected chi connectivity index (χ4v) is 0.539. The van der Waals surface area contributed by atoms with E-state index < -0.39 is 5.97 Å².